The molecule has 0 aliphatic heterocycles. The van der Waals surface area contributed by atoms with Crippen molar-refractivity contribution in [2.24, 2.45) is 0 Å². The van der Waals surface area contributed by atoms with Crippen molar-refractivity contribution in [2.75, 3.05) is 4.72 Å². The number of nitrogens with one attached hydrogen (secondary N) is 3. The molecule has 2 amide bonds. The van der Waals surface area contributed by atoms with Gasteiger partial charge in [0.05, 0.1) is 27.2 Å². The highest BCUT2D eigenvalue weighted by Crippen LogP contribution is 2.31. The fourth-order valence-electron chi connectivity index (χ4n) is 4.25. The molecule has 5 rings (SSSR count). The predicted molar refractivity (Wildman–Crippen MR) is 161 cm³/mol. The van der Waals surface area contributed by atoms with Crippen LogP contribution in [0.1, 0.15) is 21.5 Å². The topological polar surface area (TPSA) is 117 Å². The Morgan fingerprint density at radius 3 is 2.20 bits per heavy atom. The Bertz CT molecular complexity index is 1980. The number of alkyl halides is 3. The number of pyridine rings is 1. The fourth-order valence-corrected chi connectivity index (χ4v) is 5.30. The van der Waals surface area contributed by atoms with Gasteiger partial charge in [0.1, 0.15) is 0 Å². The van der Waals surface area contributed by atoms with Crippen molar-refractivity contribution in [3.05, 3.63) is 132 Å². The SMILES string of the molecule is O=C(C=Cc1ccc(S(=O)(=O)Nc2cccc(C(F)(F)F)c2)cc1)NNC(=O)c1cc(-c2ccccc2)nc2ccccc12. The van der Waals surface area contributed by atoms with Crippen LogP contribution in [0.15, 0.2) is 120 Å². The number of rotatable bonds is 7. The summed E-state index contributed by atoms with van der Waals surface area (Å²) in [5.74, 6) is -1.20. The third-order valence-corrected chi connectivity index (χ3v) is 7.79. The molecule has 0 aliphatic rings. The molecule has 0 radical (unpaired) electrons. The van der Waals surface area contributed by atoms with Gasteiger partial charge in [0.25, 0.3) is 21.8 Å². The van der Waals surface area contributed by atoms with Gasteiger partial charge < -0.3 is 0 Å². The Hall–Kier alpha value is -5.49. The lowest BCUT2D eigenvalue weighted by Gasteiger charge is -2.11. The van der Waals surface area contributed by atoms with Crippen LogP contribution in [0.4, 0.5) is 18.9 Å². The molecule has 5 aromatic rings. The van der Waals surface area contributed by atoms with Gasteiger partial charge in [-0.3, -0.25) is 25.2 Å². The smallest absolute Gasteiger partial charge is 0.280 e. The van der Waals surface area contributed by atoms with Crippen molar-refractivity contribution < 1.29 is 31.2 Å². The maximum Gasteiger partial charge on any atom is 0.416 e. The monoisotopic (exact) mass is 616 g/mol. The largest absolute Gasteiger partial charge is 0.416 e. The molecule has 0 fully saturated rings. The van der Waals surface area contributed by atoms with Gasteiger partial charge in [-0.25, -0.2) is 13.4 Å². The molecular formula is C32H23F3N4O4S. The fraction of sp³-hybridized carbons (Fsp3) is 0.0312. The van der Waals surface area contributed by atoms with Crippen molar-refractivity contribution in [1.29, 1.82) is 0 Å². The summed E-state index contributed by atoms with van der Waals surface area (Å²) in [5.41, 5.74) is 6.29. The Kier molecular flexibility index (Phi) is 8.45. The Balaban J connectivity index is 1.23. The number of amides is 2. The van der Waals surface area contributed by atoms with Gasteiger partial charge in [0.15, 0.2) is 0 Å². The average molecular weight is 617 g/mol. The molecular weight excluding hydrogens is 593 g/mol. The van der Waals surface area contributed by atoms with Crippen molar-refractivity contribution in [3.8, 4) is 11.3 Å². The molecule has 8 nitrogen and oxygen atoms in total. The minimum atomic E-state index is -4.62. The van der Waals surface area contributed by atoms with Crippen LogP contribution < -0.4 is 15.6 Å². The number of carbonyl (C=O) groups excluding carboxylic acids is 2. The zero-order valence-corrected chi connectivity index (χ0v) is 23.5. The first kappa shape index (κ1) is 30.0. The number of hydrogen-bond donors (Lipinski definition) is 3. The molecule has 1 aromatic heterocycles. The van der Waals surface area contributed by atoms with E-state index in [1.165, 1.54) is 36.4 Å². The summed E-state index contributed by atoms with van der Waals surface area (Å²) in [7, 11) is -4.18. The summed E-state index contributed by atoms with van der Waals surface area (Å²) in [6.45, 7) is 0. The standard InChI is InChI=1S/C32H23F3N4O4S/c33-32(34,35)23-9-6-10-24(19-23)39-44(42,43)25-16-13-21(14-17-25)15-18-30(40)37-38-31(41)27-20-29(22-7-2-1-3-8-22)36-28-12-5-4-11-26(27)28/h1-20,39H,(H,37,40)(H,38,41). The number of anilines is 1. The Morgan fingerprint density at radius 1 is 0.773 bits per heavy atom. The highest BCUT2D eigenvalue weighted by molar-refractivity contribution is 7.92. The van der Waals surface area contributed by atoms with E-state index in [4.69, 9.17) is 0 Å². The van der Waals surface area contributed by atoms with E-state index in [0.29, 0.717) is 33.8 Å². The molecule has 0 bridgehead atoms. The maximum absolute atomic E-state index is 13.1. The maximum atomic E-state index is 13.1. The summed E-state index contributed by atoms with van der Waals surface area (Å²) in [6, 6.07) is 27.3. The van der Waals surface area contributed by atoms with E-state index in [-0.39, 0.29) is 10.6 Å². The molecule has 0 atom stereocenters. The second kappa shape index (κ2) is 12.4. The highest BCUT2D eigenvalue weighted by atomic mass is 32.2. The zero-order chi connectivity index (χ0) is 31.3. The number of benzene rings is 4. The summed E-state index contributed by atoms with van der Waals surface area (Å²) in [5, 5.41) is 0.604. The van der Waals surface area contributed by atoms with Gasteiger partial charge in [0.2, 0.25) is 0 Å². The number of hydrazine groups is 1. The van der Waals surface area contributed by atoms with Crippen LogP contribution in [0.2, 0.25) is 0 Å². The lowest BCUT2D eigenvalue weighted by molar-refractivity contribution is -0.137. The number of para-hydroxylation sites is 1. The summed E-state index contributed by atoms with van der Waals surface area (Å²) in [4.78, 5) is 29.9. The Morgan fingerprint density at radius 2 is 1.48 bits per heavy atom. The van der Waals surface area contributed by atoms with E-state index in [1.54, 1.807) is 24.3 Å². The molecule has 0 aliphatic carbocycles. The summed E-state index contributed by atoms with van der Waals surface area (Å²) < 4.78 is 66.3. The molecule has 0 unspecified atom stereocenters. The van der Waals surface area contributed by atoms with Crippen molar-refractivity contribution >= 4 is 44.5 Å². The van der Waals surface area contributed by atoms with Crippen molar-refractivity contribution in [3.63, 3.8) is 0 Å². The summed E-state index contributed by atoms with van der Waals surface area (Å²) >= 11 is 0. The van der Waals surface area contributed by atoms with Gasteiger partial charge in [-0.2, -0.15) is 13.2 Å². The molecule has 4 aromatic carbocycles. The molecule has 12 heteroatoms. The van der Waals surface area contributed by atoms with E-state index in [9.17, 15) is 31.2 Å². The van der Waals surface area contributed by atoms with E-state index >= 15 is 0 Å². The molecule has 44 heavy (non-hydrogen) atoms. The number of sulfonamides is 1. The van der Waals surface area contributed by atoms with Crippen LogP contribution in [-0.4, -0.2) is 25.2 Å². The van der Waals surface area contributed by atoms with Crippen LogP contribution in [0.5, 0.6) is 0 Å². The molecule has 0 spiro atoms. The van der Waals surface area contributed by atoms with E-state index in [1.807, 2.05) is 36.4 Å². The number of carbonyl (C=O) groups is 2. The molecule has 0 saturated carbocycles. The highest BCUT2D eigenvalue weighted by Gasteiger charge is 2.30. The van der Waals surface area contributed by atoms with Crippen LogP contribution in [-0.2, 0) is 21.0 Å². The van der Waals surface area contributed by atoms with E-state index in [0.717, 1.165) is 23.8 Å². The normalized spacial score (nSPS) is 11.8. The number of halogens is 3. The number of hydrogen-bond acceptors (Lipinski definition) is 5. The van der Waals surface area contributed by atoms with Crippen molar-refractivity contribution in [1.82, 2.24) is 15.8 Å². The third-order valence-electron chi connectivity index (χ3n) is 6.39. The number of aromatic nitrogens is 1. The van der Waals surface area contributed by atoms with Gasteiger partial charge in [-0.15, -0.1) is 0 Å². The van der Waals surface area contributed by atoms with Gasteiger partial charge in [0, 0.05) is 22.7 Å². The first-order valence-electron chi connectivity index (χ1n) is 13.0. The zero-order valence-electron chi connectivity index (χ0n) is 22.7. The summed E-state index contributed by atoms with van der Waals surface area (Å²) in [6.07, 6.45) is -2.08. The van der Waals surface area contributed by atoms with Gasteiger partial charge in [-0.1, -0.05) is 66.7 Å². The lowest BCUT2D eigenvalue weighted by Crippen LogP contribution is -2.40. The predicted octanol–water partition coefficient (Wildman–Crippen LogP) is 6.20. The number of nitrogens with zero attached hydrogens (tertiary/aromatic N) is 1. The van der Waals surface area contributed by atoms with Crippen molar-refractivity contribution in [2.45, 2.75) is 11.1 Å². The lowest BCUT2D eigenvalue weighted by atomic mass is 10.0. The van der Waals surface area contributed by atoms with Gasteiger partial charge in [-0.05, 0) is 54.1 Å². The molecule has 3 N–H and O–H groups in total. The third kappa shape index (κ3) is 7.10. The second-order valence-corrected chi connectivity index (χ2v) is 11.2. The van der Waals surface area contributed by atoms with E-state index in [2.05, 4.69) is 20.6 Å². The molecule has 0 saturated heterocycles. The van der Waals surface area contributed by atoms with Crippen LogP contribution in [0.25, 0.3) is 28.2 Å². The Labute approximate surface area is 250 Å². The number of fused-ring (bicyclic) bond motifs is 1. The van der Waals surface area contributed by atoms with Crippen LogP contribution in [0, 0.1) is 0 Å². The minimum absolute atomic E-state index is 0.191. The second-order valence-electron chi connectivity index (χ2n) is 9.47. The minimum Gasteiger partial charge on any atom is -0.280 e. The molecule has 222 valence electrons. The first-order valence-corrected chi connectivity index (χ1v) is 14.5. The van der Waals surface area contributed by atoms with Crippen LogP contribution >= 0.6 is 0 Å². The average Bonchev–Trinajstić information content (AvgIpc) is 3.02. The van der Waals surface area contributed by atoms with Gasteiger partial charge >= 0.3 is 6.18 Å². The first-order chi connectivity index (χ1) is 21.0. The van der Waals surface area contributed by atoms with E-state index < -0.39 is 33.6 Å². The quantitative estimate of drug-likeness (QED) is 0.149. The van der Waals surface area contributed by atoms with Crippen LogP contribution in [0.3, 0.4) is 0 Å². The molecule has 1 heterocycles.